The maximum atomic E-state index is 5.83. The number of rotatable bonds is 2. The first-order valence-electron chi connectivity index (χ1n) is 6.75. The van der Waals surface area contributed by atoms with Crippen molar-refractivity contribution in [2.75, 3.05) is 17.2 Å². The summed E-state index contributed by atoms with van der Waals surface area (Å²) < 4.78 is 0. The fourth-order valence-corrected chi connectivity index (χ4v) is 2.84. The van der Waals surface area contributed by atoms with E-state index in [1.807, 2.05) is 12.1 Å². The van der Waals surface area contributed by atoms with Crippen LogP contribution in [0.2, 0.25) is 0 Å². The van der Waals surface area contributed by atoms with Gasteiger partial charge < -0.3 is 10.6 Å². The average molecular weight is 253 g/mol. The molecule has 0 amide bonds. The van der Waals surface area contributed by atoms with Gasteiger partial charge in [0.05, 0.1) is 12.2 Å². The number of pyridine rings is 1. The van der Waals surface area contributed by atoms with E-state index in [2.05, 4.69) is 41.1 Å². The third-order valence-electron chi connectivity index (χ3n) is 3.63. The van der Waals surface area contributed by atoms with Crippen molar-refractivity contribution in [3.63, 3.8) is 0 Å². The van der Waals surface area contributed by atoms with Gasteiger partial charge >= 0.3 is 0 Å². The number of hydrogen-bond acceptors (Lipinski definition) is 3. The van der Waals surface area contributed by atoms with Crippen LogP contribution in [0.5, 0.6) is 0 Å². The van der Waals surface area contributed by atoms with E-state index in [0.717, 1.165) is 30.9 Å². The van der Waals surface area contributed by atoms with Crippen LogP contribution in [-0.4, -0.2) is 11.5 Å². The molecule has 0 spiro atoms. The van der Waals surface area contributed by atoms with Crippen LogP contribution in [0.1, 0.15) is 18.2 Å². The molecule has 2 heterocycles. The SMILES string of the molecule is CC1Cc2ccccc2N(Cc2cc(N)ccn2)C1. The van der Waals surface area contributed by atoms with Crippen LogP contribution >= 0.6 is 0 Å². The molecule has 1 aromatic heterocycles. The highest BCUT2D eigenvalue weighted by Gasteiger charge is 2.21. The van der Waals surface area contributed by atoms with E-state index in [1.54, 1.807) is 6.20 Å². The lowest BCUT2D eigenvalue weighted by molar-refractivity contribution is 0.528. The zero-order valence-electron chi connectivity index (χ0n) is 11.2. The Hall–Kier alpha value is -2.03. The summed E-state index contributed by atoms with van der Waals surface area (Å²) >= 11 is 0. The average Bonchev–Trinajstić information content (AvgIpc) is 2.38. The minimum Gasteiger partial charge on any atom is -0.399 e. The van der Waals surface area contributed by atoms with Gasteiger partial charge in [-0.15, -0.1) is 0 Å². The fourth-order valence-electron chi connectivity index (χ4n) is 2.84. The van der Waals surface area contributed by atoms with E-state index in [4.69, 9.17) is 5.73 Å². The molecule has 0 aliphatic carbocycles. The number of nitrogens with two attached hydrogens (primary N) is 1. The van der Waals surface area contributed by atoms with Crippen LogP contribution in [0.15, 0.2) is 42.6 Å². The highest BCUT2D eigenvalue weighted by atomic mass is 15.1. The molecule has 3 nitrogen and oxygen atoms in total. The maximum absolute atomic E-state index is 5.83. The first-order valence-corrected chi connectivity index (χ1v) is 6.75. The zero-order valence-corrected chi connectivity index (χ0v) is 11.2. The number of aromatic nitrogens is 1. The highest BCUT2D eigenvalue weighted by molar-refractivity contribution is 5.56. The lowest BCUT2D eigenvalue weighted by atomic mass is 9.94. The molecule has 98 valence electrons. The first-order chi connectivity index (χ1) is 9.22. The van der Waals surface area contributed by atoms with Gasteiger partial charge in [0.15, 0.2) is 0 Å². The van der Waals surface area contributed by atoms with Gasteiger partial charge in [0.1, 0.15) is 0 Å². The lowest BCUT2D eigenvalue weighted by Gasteiger charge is -2.34. The second-order valence-electron chi connectivity index (χ2n) is 5.40. The molecule has 0 saturated carbocycles. The number of fused-ring (bicyclic) bond motifs is 1. The predicted molar refractivity (Wildman–Crippen MR) is 79.0 cm³/mol. The number of benzene rings is 1. The van der Waals surface area contributed by atoms with Crippen molar-refractivity contribution in [1.82, 2.24) is 4.98 Å². The van der Waals surface area contributed by atoms with E-state index in [0.29, 0.717) is 5.92 Å². The topological polar surface area (TPSA) is 42.1 Å². The van der Waals surface area contributed by atoms with Crippen LogP contribution in [0.3, 0.4) is 0 Å². The molecule has 1 aliphatic rings. The van der Waals surface area contributed by atoms with Gasteiger partial charge in [-0.2, -0.15) is 0 Å². The first kappa shape index (κ1) is 12.0. The molecule has 3 heteroatoms. The van der Waals surface area contributed by atoms with Crippen molar-refractivity contribution >= 4 is 11.4 Å². The molecule has 1 aromatic carbocycles. The summed E-state index contributed by atoms with van der Waals surface area (Å²) in [5.41, 5.74) is 10.4. The van der Waals surface area contributed by atoms with Gasteiger partial charge in [-0.1, -0.05) is 25.1 Å². The van der Waals surface area contributed by atoms with Crippen LogP contribution in [0.4, 0.5) is 11.4 Å². The van der Waals surface area contributed by atoms with Crippen molar-refractivity contribution < 1.29 is 0 Å². The van der Waals surface area contributed by atoms with Crippen LogP contribution < -0.4 is 10.6 Å². The maximum Gasteiger partial charge on any atom is 0.0617 e. The van der Waals surface area contributed by atoms with Gasteiger partial charge in [0.25, 0.3) is 0 Å². The van der Waals surface area contributed by atoms with Crippen molar-refractivity contribution in [2.24, 2.45) is 5.92 Å². The summed E-state index contributed by atoms with van der Waals surface area (Å²) in [6, 6.07) is 12.4. The Morgan fingerprint density at radius 3 is 3.00 bits per heavy atom. The molecule has 19 heavy (non-hydrogen) atoms. The Labute approximate surface area is 114 Å². The molecule has 1 unspecified atom stereocenters. The van der Waals surface area contributed by atoms with Gasteiger partial charge in [-0.05, 0) is 36.1 Å². The molecule has 1 aliphatic heterocycles. The molecule has 3 rings (SSSR count). The molecule has 0 fully saturated rings. The zero-order chi connectivity index (χ0) is 13.2. The Morgan fingerprint density at radius 2 is 2.16 bits per heavy atom. The van der Waals surface area contributed by atoms with Crippen molar-refractivity contribution in [2.45, 2.75) is 19.9 Å². The van der Waals surface area contributed by atoms with E-state index < -0.39 is 0 Å². The number of nitrogens with zero attached hydrogens (tertiary/aromatic N) is 2. The second-order valence-corrected chi connectivity index (χ2v) is 5.40. The van der Waals surface area contributed by atoms with E-state index in [9.17, 15) is 0 Å². The third kappa shape index (κ3) is 2.55. The summed E-state index contributed by atoms with van der Waals surface area (Å²) in [4.78, 5) is 6.82. The molecular weight excluding hydrogens is 234 g/mol. The van der Waals surface area contributed by atoms with Crippen molar-refractivity contribution in [3.8, 4) is 0 Å². The van der Waals surface area contributed by atoms with E-state index in [-0.39, 0.29) is 0 Å². The summed E-state index contributed by atoms with van der Waals surface area (Å²) in [5.74, 6) is 0.677. The fraction of sp³-hybridized carbons (Fsp3) is 0.312. The van der Waals surface area contributed by atoms with Gasteiger partial charge in [-0.25, -0.2) is 0 Å². The molecular formula is C16H19N3. The van der Waals surface area contributed by atoms with Gasteiger partial charge in [-0.3, -0.25) is 4.98 Å². The highest BCUT2D eigenvalue weighted by Crippen LogP contribution is 2.30. The van der Waals surface area contributed by atoms with Crippen LogP contribution in [0.25, 0.3) is 0 Å². The predicted octanol–water partition coefficient (Wildman–Crippen LogP) is 2.86. The normalized spacial score (nSPS) is 18.2. The number of hydrogen-bond donors (Lipinski definition) is 1. The van der Waals surface area contributed by atoms with E-state index in [1.165, 1.54) is 11.3 Å². The molecule has 0 radical (unpaired) electrons. The molecule has 1 atom stereocenters. The van der Waals surface area contributed by atoms with Crippen LogP contribution in [0, 0.1) is 5.92 Å². The number of nitrogen functional groups attached to an aromatic ring is 1. The summed E-state index contributed by atoms with van der Waals surface area (Å²) in [6.45, 7) is 4.20. The monoisotopic (exact) mass is 253 g/mol. The summed E-state index contributed by atoms with van der Waals surface area (Å²) in [5, 5.41) is 0. The summed E-state index contributed by atoms with van der Waals surface area (Å²) in [6.07, 6.45) is 2.95. The molecule has 2 aromatic rings. The van der Waals surface area contributed by atoms with Crippen LogP contribution in [-0.2, 0) is 13.0 Å². The standard InChI is InChI=1S/C16H19N3/c1-12-8-13-4-2-3-5-16(13)19(10-12)11-15-9-14(17)6-7-18-15/h2-7,9,12H,8,10-11H2,1H3,(H2,17,18). The quantitative estimate of drug-likeness (QED) is 0.895. The summed E-state index contributed by atoms with van der Waals surface area (Å²) in [7, 11) is 0. The molecule has 2 N–H and O–H groups in total. The number of anilines is 2. The van der Waals surface area contributed by atoms with Gasteiger partial charge in [0, 0.05) is 24.1 Å². The number of para-hydroxylation sites is 1. The largest absolute Gasteiger partial charge is 0.399 e. The molecule has 0 bridgehead atoms. The van der Waals surface area contributed by atoms with Gasteiger partial charge in [0.2, 0.25) is 0 Å². The smallest absolute Gasteiger partial charge is 0.0617 e. The van der Waals surface area contributed by atoms with Crippen molar-refractivity contribution in [3.05, 3.63) is 53.9 Å². The minimum absolute atomic E-state index is 0.677. The van der Waals surface area contributed by atoms with Crippen molar-refractivity contribution in [1.29, 1.82) is 0 Å². The third-order valence-corrected chi connectivity index (χ3v) is 3.63. The Kier molecular flexibility index (Phi) is 3.11. The van der Waals surface area contributed by atoms with E-state index >= 15 is 0 Å². The molecule has 0 saturated heterocycles. The Bertz CT molecular complexity index is 580. The second kappa shape index (κ2) is 4.92. The Morgan fingerprint density at radius 1 is 1.32 bits per heavy atom. The Balaban J connectivity index is 1.89. The lowest BCUT2D eigenvalue weighted by Crippen LogP contribution is -2.34. The minimum atomic E-state index is 0.677.